The van der Waals surface area contributed by atoms with Crippen LogP contribution in [0.5, 0.6) is 5.75 Å². The predicted molar refractivity (Wildman–Crippen MR) is 72.4 cm³/mol. The van der Waals surface area contributed by atoms with Gasteiger partial charge >= 0.3 is 11.9 Å². The molecule has 0 radical (unpaired) electrons. The summed E-state index contributed by atoms with van der Waals surface area (Å²) in [6.45, 7) is 2.80. The van der Waals surface area contributed by atoms with Crippen LogP contribution in [0.3, 0.4) is 0 Å². The van der Waals surface area contributed by atoms with E-state index in [0.29, 0.717) is 11.4 Å². The van der Waals surface area contributed by atoms with E-state index in [1.807, 2.05) is 0 Å². The number of hydrogen-bond acceptors (Lipinski definition) is 5. The average molecular weight is 279 g/mol. The van der Waals surface area contributed by atoms with Crippen molar-refractivity contribution in [1.82, 2.24) is 0 Å². The molecule has 6 heteroatoms. The predicted octanol–water partition coefficient (Wildman–Crippen LogP) is 1.53. The second kappa shape index (κ2) is 7.28. The summed E-state index contributed by atoms with van der Waals surface area (Å²) in [5, 5.41) is 0. The molecule has 1 rings (SSSR count). The number of rotatable bonds is 5. The molecular formula is C14H17NO5. The summed E-state index contributed by atoms with van der Waals surface area (Å²) in [6, 6.07) is 6.42. The Morgan fingerprint density at radius 2 is 1.95 bits per heavy atom. The number of benzene rings is 1. The maximum atomic E-state index is 11.9. The monoisotopic (exact) mass is 279 g/mol. The van der Waals surface area contributed by atoms with Crippen molar-refractivity contribution in [3.8, 4) is 5.75 Å². The van der Waals surface area contributed by atoms with Crippen LogP contribution in [0.4, 0.5) is 5.69 Å². The fourth-order valence-corrected chi connectivity index (χ4v) is 1.59. The molecule has 0 aliphatic rings. The summed E-state index contributed by atoms with van der Waals surface area (Å²) in [4.78, 5) is 35.5. The van der Waals surface area contributed by atoms with Gasteiger partial charge in [0.25, 0.3) is 0 Å². The Morgan fingerprint density at radius 3 is 2.50 bits per heavy atom. The molecule has 0 aromatic heterocycles. The van der Waals surface area contributed by atoms with E-state index < -0.39 is 11.9 Å². The van der Waals surface area contributed by atoms with Gasteiger partial charge in [-0.1, -0.05) is 13.0 Å². The highest BCUT2D eigenvalue weighted by molar-refractivity contribution is 5.97. The molecule has 1 aromatic carbocycles. The van der Waals surface area contributed by atoms with Gasteiger partial charge in [-0.2, -0.15) is 0 Å². The molecule has 0 N–H and O–H groups in total. The van der Waals surface area contributed by atoms with Crippen molar-refractivity contribution in [2.24, 2.45) is 0 Å². The van der Waals surface area contributed by atoms with Crippen molar-refractivity contribution in [1.29, 1.82) is 0 Å². The molecule has 0 unspecified atom stereocenters. The minimum Gasteiger partial charge on any atom is -0.468 e. The van der Waals surface area contributed by atoms with E-state index in [1.54, 1.807) is 25.1 Å². The van der Waals surface area contributed by atoms with Crippen LogP contribution in [0.1, 0.15) is 20.3 Å². The number of hydrogen-bond donors (Lipinski definition) is 0. The van der Waals surface area contributed by atoms with E-state index >= 15 is 0 Å². The van der Waals surface area contributed by atoms with E-state index in [0.717, 1.165) is 0 Å². The van der Waals surface area contributed by atoms with Crippen LogP contribution >= 0.6 is 0 Å². The fraction of sp³-hybridized carbons (Fsp3) is 0.357. The number of methoxy groups -OCH3 is 1. The van der Waals surface area contributed by atoms with Crippen molar-refractivity contribution in [3.63, 3.8) is 0 Å². The summed E-state index contributed by atoms with van der Waals surface area (Å²) in [5.41, 5.74) is 0.473. The van der Waals surface area contributed by atoms with Gasteiger partial charge in [0, 0.05) is 25.1 Å². The smallest absolute Gasteiger partial charge is 0.325 e. The molecule has 1 amide bonds. The Labute approximate surface area is 117 Å². The Morgan fingerprint density at radius 1 is 1.25 bits per heavy atom. The van der Waals surface area contributed by atoms with E-state index in [2.05, 4.69) is 4.74 Å². The molecule has 0 heterocycles. The molecule has 108 valence electrons. The van der Waals surface area contributed by atoms with Gasteiger partial charge < -0.3 is 14.4 Å². The van der Waals surface area contributed by atoms with Crippen molar-refractivity contribution >= 4 is 23.5 Å². The van der Waals surface area contributed by atoms with Crippen LogP contribution < -0.4 is 9.64 Å². The van der Waals surface area contributed by atoms with Gasteiger partial charge in [0.1, 0.15) is 12.3 Å². The maximum absolute atomic E-state index is 11.9. The Balaban J connectivity index is 3.03. The number of carbonyl (C=O) groups is 3. The molecule has 20 heavy (non-hydrogen) atoms. The van der Waals surface area contributed by atoms with Gasteiger partial charge in [-0.25, -0.2) is 0 Å². The highest BCUT2D eigenvalue weighted by Gasteiger charge is 2.18. The molecule has 0 saturated heterocycles. The molecule has 1 aromatic rings. The van der Waals surface area contributed by atoms with Crippen LogP contribution in [0.15, 0.2) is 24.3 Å². The van der Waals surface area contributed by atoms with Crippen LogP contribution in [0.2, 0.25) is 0 Å². The van der Waals surface area contributed by atoms with Crippen LogP contribution in [0, 0.1) is 0 Å². The van der Waals surface area contributed by atoms with Crippen molar-refractivity contribution < 1.29 is 23.9 Å². The Bertz CT molecular complexity index is 512. The number of ether oxygens (including phenoxy) is 2. The number of anilines is 1. The largest absolute Gasteiger partial charge is 0.468 e. The van der Waals surface area contributed by atoms with E-state index in [4.69, 9.17) is 4.74 Å². The molecule has 0 atom stereocenters. The highest BCUT2D eigenvalue weighted by atomic mass is 16.5. The van der Waals surface area contributed by atoms with E-state index in [1.165, 1.54) is 25.0 Å². The minimum atomic E-state index is -0.523. The lowest BCUT2D eigenvalue weighted by molar-refractivity contribution is -0.140. The fourth-order valence-electron chi connectivity index (χ4n) is 1.59. The first kappa shape index (κ1) is 15.7. The Hall–Kier alpha value is -2.37. The van der Waals surface area contributed by atoms with Crippen LogP contribution in [0.25, 0.3) is 0 Å². The zero-order valence-corrected chi connectivity index (χ0v) is 11.7. The second-order valence-corrected chi connectivity index (χ2v) is 4.00. The Kier molecular flexibility index (Phi) is 5.71. The number of nitrogens with zero attached hydrogens (tertiary/aromatic N) is 1. The first-order valence-corrected chi connectivity index (χ1v) is 6.13. The van der Waals surface area contributed by atoms with Crippen molar-refractivity contribution in [3.05, 3.63) is 24.3 Å². The molecule has 6 nitrogen and oxygen atoms in total. The molecular weight excluding hydrogens is 262 g/mol. The van der Waals surface area contributed by atoms with Gasteiger partial charge in [0.15, 0.2) is 0 Å². The lowest BCUT2D eigenvalue weighted by atomic mass is 10.2. The normalized spacial score (nSPS) is 9.75. The summed E-state index contributed by atoms with van der Waals surface area (Å²) in [7, 11) is 1.26. The number of esters is 2. The van der Waals surface area contributed by atoms with Crippen LogP contribution in [-0.4, -0.2) is 31.5 Å². The molecule has 0 bridgehead atoms. The second-order valence-electron chi connectivity index (χ2n) is 4.00. The average Bonchev–Trinajstić information content (AvgIpc) is 2.43. The standard InChI is InChI=1S/C14H17NO5/c1-4-13(17)15(9-14(18)19-3)11-6-5-7-12(8-11)20-10(2)16/h5-8H,4,9H2,1-3H3. The molecule has 0 spiro atoms. The van der Waals surface area contributed by atoms with E-state index in [-0.39, 0.29) is 18.9 Å². The molecule has 0 fully saturated rings. The van der Waals surface area contributed by atoms with E-state index in [9.17, 15) is 14.4 Å². The molecule has 0 aliphatic heterocycles. The highest BCUT2D eigenvalue weighted by Crippen LogP contribution is 2.22. The van der Waals surface area contributed by atoms with Gasteiger partial charge in [-0.3, -0.25) is 14.4 Å². The van der Waals surface area contributed by atoms with Gasteiger partial charge in [0.2, 0.25) is 5.91 Å². The van der Waals surface area contributed by atoms with Gasteiger partial charge in [-0.05, 0) is 12.1 Å². The quantitative estimate of drug-likeness (QED) is 0.603. The van der Waals surface area contributed by atoms with Crippen molar-refractivity contribution in [2.75, 3.05) is 18.6 Å². The summed E-state index contributed by atoms with van der Waals surface area (Å²) in [6.07, 6.45) is 0.245. The molecule has 0 aliphatic carbocycles. The third-order valence-electron chi connectivity index (χ3n) is 2.51. The maximum Gasteiger partial charge on any atom is 0.325 e. The third kappa shape index (κ3) is 4.38. The summed E-state index contributed by atoms with van der Waals surface area (Å²) >= 11 is 0. The SMILES string of the molecule is CCC(=O)N(CC(=O)OC)c1cccc(OC(C)=O)c1. The minimum absolute atomic E-state index is 0.188. The van der Waals surface area contributed by atoms with Crippen molar-refractivity contribution in [2.45, 2.75) is 20.3 Å². The third-order valence-corrected chi connectivity index (χ3v) is 2.51. The first-order chi connectivity index (χ1) is 9.47. The summed E-state index contributed by atoms with van der Waals surface area (Å²) < 4.78 is 9.53. The van der Waals surface area contributed by atoms with Crippen LogP contribution in [-0.2, 0) is 19.1 Å². The molecule has 0 saturated carbocycles. The summed E-state index contributed by atoms with van der Waals surface area (Å²) in [5.74, 6) is -0.891. The zero-order chi connectivity index (χ0) is 15.1. The lowest BCUT2D eigenvalue weighted by Gasteiger charge is -2.21. The van der Waals surface area contributed by atoms with Gasteiger partial charge in [0.05, 0.1) is 7.11 Å². The van der Waals surface area contributed by atoms with Gasteiger partial charge in [-0.15, -0.1) is 0 Å². The zero-order valence-electron chi connectivity index (χ0n) is 11.7. The topological polar surface area (TPSA) is 72.9 Å². The first-order valence-electron chi connectivity index (χ1n) is 6.13. The lowest BCUT2D eigenvalue weighted by Crippen LogP contribution is -2.35. The number of carbonyl (C=O) groups excluding carboxylic acids is 3. The number of amides is 1.